The average molecular weight is 421 g/mol. The van der Waals surface area contributed by atoms with Crippen LogP contribution in [0.5, 0.6) is 11.5 Å². The molecule has 3 aliphatic rings. The third-order valence-corrected chi connectivity index (χ3v) is 7.09. The standard InChI is InChI=1S/C25H32N4O2/c1-25-11-6-7-19(25)24(18-15-21(30-2)22(31-3)16-20(18)28-25)27-17-9-13-29(14-10-17)23-8-4-5-12-26-23/h4-5,8,12,15-17,27-28H,6-7,9-11,13-14H2,1-3H3. The number of pyridine rings is 1. The third-order valence-electron chi connectivity index (χ3n) is 7.09. The molecule has 1 aromatic carbocycles. The normalized spacial score (nSPS) is 23.1. The monoisotopic (exact) mass is 420 g/mol. The van der Waals surface area contributed by atoms with E-state index in [2.05, 4.69) is 51.7 Å². The SMILES string of the molecule is COc1cc2c(cc1OC)C(NC1CCN(c3ccccn3)CC1)=C1CCCC1(C)N2. The summed E-state index contributed by atoms with van der Waals surface area (Å²) in [5.41, 5.74) is 5.12. The highest BCUT2D eigenvalue weighted by Gasteiger charge is 2.41. The van der Waals surface area contributed by atoms with Gasteiger partial charge in [0.15, 0.2) is 11.5 Å². The molecular weight excluding hydrogens is 388 g/mol. The molecule has 164 valence electrons. The van der Waals surface area contributed by atoms with Gasteiger partial charge < -0.3 is 25.0 Å². The number of anilines is 2. The first-order valence-corrected chi connectivity index (χ1v) is 11.3. The molecule has 1 saturated heterocycles. The zero-order valence-corrected chi connectivity index (χ0v) is 18.7. The minimum Gasteiger partial charge on any atom is -0.493 e. The number of piperidine rings is 1. The molecule has 3 heterocycles. The molecule has 1 aliphatic carbocycles. The molecule has 31 heavy (non-hydrogen) atoms. The van der Waals surface area contributed by atoms with Gasteiger partial charge in [-0.3, -0.25) is 0 Å². The van der Waals surface area contributed by atoms with E-state index in [9.17, 15) is 0 Å². The molecule has 2 fully saturated rings. The number of nitrogens with one attached hydrogen (secondary N) is 2. The average Bonchev–Trinajstić information content (AvgIpc) is 3.20. The maximum Gasteiger partial charge on any atom is 0.162 e. The summed E-state index contributed by atoms with van der Waals surface area (Å²) in [5, 5.41) is 7.77. The van der Waals surface area contributed by atoms with E-state index in [0.29, 0.717) is 6.04 Å². The Morgan fingerprint density at radius 2 is 1.90 bits per heavy atom. The van der Waals surface area contributed by atoms with Crippen LogP contribution >= 0.6 is 0 Å². The molecule has 0 amide bonds. The molecule has 0 bridgehead atoms. The van der Waals surface area contributed by atoms with Crippen LogP contribution in [0.25, 0.3) is 5.70 Å². The van der Waals surface area contributed by atoms with Crippen LogP contribution in [0.15, 0.2) is 42.1 Å². The van der Waals surface area contributed by atoms with Crippen LogP contribution in [0.3, 0.4) is 0 Å². The molecule has 6 nitrogen and oxygen atoms in total. The van der Waals surface area contributed by atoms with Crippen LogP contribution in [0.2, 0.25) is 0 Å². The van der Waals surface area contributed by atoms with Gasteiger partial charge in [0, 0.05) is 48.3 Å². The highest BCUT2D eigenvalue weighted by molar-refractivity contribution is 5.85. The van der Waals surface area contributed by atoms with Crippen LogP contribution in [0.1, 0.15) is 44.6 Å². The van der Waals surface area contributed by atoms with Crippen molar-refractivity contribution in [2.24, 2.45) is 0 Å². The summed E-state index contributed by atoms with van der Waals surface area (Å²) in [6, 6.07) is 10.8. The van der Waals surface area contributed by atoms with Crippen LogP contribution in [-0.4, -0.2) is 43.9 Å². The molecule has 2 aromatic rings. The van der Waals surface area contributed by atoms with E-state index < -0.39 is 0 Å². The lowest BCUT2D eigenvalue weighted by molar-refractivity contribution is 0.355. The second kappa shape index (κ2) is 7.98. The second-order valence-electron chi connectivity index (χ2n) is 9.01. The van der Waals surface area contributed by atoms with Gasteiger partial charge in [-0.05, 0) is 62.8 Å². The van der Waals surface area contributed by atoms with Crippen molar-refractivity contribution in [1.82, 2.24) is 10.3 Å². The van der Waals surface area contributed by atoms with E-state index in [1.807, 2.05) is 12.3 Å². The van der Waals surface area contributed by atoms with E-state index in [1.54, 1.807) is 14.2 Å². The highest BCUT2D eigenvalue weighted by atomic mass is 16.5. The van der Waals surface area contributed by atoms with E-state index in [4.69, 9.17) is 9.47 Å². The number of rotatable bonds is 5. The summed E-state index contributed by atoms with van der Waals surface area (Å²) < 4.78 is 11.2. The molecule has 2 aliphatic heterocycles. The Balaban J connectivity index is 1.42. The zero-order valence-electron chi connectivity index (χ0n) is 18.7. The number of methoxy groups -OCH3 is 2. The Morgan fingerprint density at radius 3 is 2.61 bits per heavy atom. The molecule has 0 radical (unpaired) electrons. The van der Waals surface area contributed by atoms with Gasteiger partial charge in [0.1, 0.15) is 5.82 Å². The van der Waals surface area contributed by atoms with E-state index in [-0.39, 0.29) is 5.54 Å². The molecule has 5 rings (SSSR count). The Labute approximate surface area is 184 Å². The van der Waals surface area contributed by atoms with E-state index >= 15 is 0 Å². The Bertz CT molecular complexity index is 983. The second-order valence-corrected chi connectivity index (χ2v) is 9.01. The zero-order chi connectivity index (χ0) is 21.4. The topological polar surface area (TPSA) is 58.7 Å². The number of ether oxygens (including phenoxy) is 2. The van der Waals surface area contributed by atoms with Crippen molar-refractivity contribution in [3.63, 3.8) is 0 Å². The van der Waals surface area contributed by atoms with E-state index in [0.717, 1.165) is 61.8 Å². The van der Waals surface area contributed by atoms with Gasteiger partial charge in [-0.1, -0.05) is 6.07 Å². The summed E-state index contributed by atoms with van der Waals surface area (Å²) in [7, 11) is 3.40. The van der Waals surface area contributed by atoms with Crippen LogP contribution < -0.4 is 25.0 Å². The molecular formula is C25H32N4O2. The summed E-state index contributed by atoms with van der Waals surface area (Å²) in [5.74, 6) is 2.62. The first-order valence-electron chi connectivity index (χ1n) is 11.3. The summed E-state index contributed by atoms with van der Waals surface area (Å²) in [6.45, 7) is 4.37. The Morgan fingerprint density at radius 1 is 1.13 bits per heavy atom. The highest BCUT2D eigenvalue weighted by Crippen LogP contribution is 2.49. The molecule has 0 spiro atoms. The third kappa shape index (κ3) is 3.58. The first-order chi connectivity index (χ1) is 15.1. The van der Waals surface area contributed by atoms with Crippen LogP contribution in [0, 0.1) is 0 Å². The number of hydrogen-bond donors (Lipinski definition) is 2. The fraction of sp³-hybridized carbons (Fsp3) is 0.480. The van der Waals surface area contributed by atoms with Crippen LogP contribution in [0.4, 0.5) is 11.5 Å². The number of benzene rings is 1. The molecule has 6 heteroatoms. The largest absolute Gasteiger partial charge is 0.493 e. The lowest BCUT2D eigenvalue weighted by atomic mass is 9.85. The van der Waals surface area contributed by atoms with Gasteiger partial charge in [0.2, 0.25) is 0 Å². The minimum absolute atomic E-state index is 0.00357. The van der Waals surface area contributed by atoms with Crippen molar-refractivity contribution >= 4 is 17.2 Å². The first kappa shape index (κ1) is 20.0. The minimum atomic E-state index is 0.00357. The summed E-state index contributed by atoms with van der Waals surface area (Å²) in [6.07, 6.45) is 7.57. The molecule has 1 saturated carbocycles. The predicted molar refractivity (Wildman–Crippen MR) is 125 cm³/mol. The Hall–Kier alpha value is -2.89. The van der Waals surface area contributed by atoms with Crippen molar-refractivity contribution in [2.75, 3.05) is 37.5 Å². The molecule has 1 unspecified atom stereocenters. The van der Waals surface area contributed by atoms with Crippen molar-refractivity contribution < 1.29 is 9.47 Å². The van der Waals surface area contributed by atoms with Crippen molar-refractivity contribution in [2.45, 2.75) is 50.6 Å². The van der Waals surface area contributed by atoms with Gasteiger partial charge in [-0.15, -0.1) is 0 Å². The van der Waals surface area contributed by atoms with Crippen molar-refractivity contribution in [3.8, 4) is 11.5 Å². The van der Waals surface area contributed by atoms with Crippen molar-refractivity contribution in [1.29, 1.82) is 0 Å². The molecule has 1 atom stereocenters. The smallest absolute Gasteiger partial charge is 0.162 e. The fourth-order valence-corrected chi connectivity index (χ4v) is 5.40. The lowest BCUT2D eigenvalue weighted by Crippen LogP contribution is -2.45. The van der Waals surface area contributed by atoms with Crippen LogP contribution in [-0.2, 0) is 0 Å². The van der Waals surface area contributed by atoms with E-state index in [1.165, 1.54) is 23.3 Å². The Kier molecular flexibility index (Phi) is 5.16. The quantitative estimate of drug-likeness (QED) is 0.746. The maximum atomic E-state index is 5.62. The van der Waals surface area contributed by atoms with Gasteiger partial charge in [0.05, 0.1) is 19.8 Å². The molecule has 2 N–H and O–H groups in total. The van der Waals surface area contributed by atoms with Gasteiger partial charge in [-0.2, -0.15) is 0 Å². The number of aromatic nitrogens is 1. The number of nitrogens with zero attached hydrogens (tertiary/aromatic N) is 2. The maximum absolute atomic E-state index is 5.62. The predicted octanol–water partition coefficient (Wildman–Crippen LogP) is 4.44. The number of hydrogen-bond acceptors (Lipinski definition) is 6. The van der Waals surface area contributed by atoms with Crippen molar-refractivity contribution in [3.05, 3.63) is 47.7 Å². The number of fused-ring (bicyclic) bond motifs is 2. The van der Waals surface area contributed by atoms with Gasteiger partial charge in [0.25, 0.3) is 0 Å². The van der Waals surface area contributed by atoms with Gasteiger partial charge >= 0.3 is 0 Å². The molecule has 1 aromatic heterocycles. The fourth-order valence-electron chi connectivity index (χ4n) is 5.40. The summed E-state index contributed by atoms with van der Waals surface area (Å²) >= 11 is 0. The summed E-state index contributed by atoms with van der Waals surface area (Å²) in [4.78, 5) is 6.91. The lowest BCUT2D eigenvalue weighted by Gasteiger charge is -2.40. The van der Waals surface area contributed by atoms with Gasteiger partial charge in [-0.25, -0.2) is 4.98 Å².